The number of aryl methyl sites for hydroxylation is 3. The Bertz CT molecular complexity index is 661. The first-order chi connectivity index (χ1) is 7.16. The Labute approximate surface area is 87.3 Å². The van der Waals surface area contributed by atoms with E-state index in [0.717, 1.165) is 17.0 Å². The Balaban J connectivity index is 2.59. The van der Waals surface area contributed by atoms with Crippen molar-refractivity contribution in [3.05, 3.63) is 29.8 Å². The van der Waals surface area contributed by atoms with E-state index in [0.29, 0.717) is 0 Å². The van der Waals surface area contributed by atoms with E-state index in [4.69, 9.17) is 4.42 Å². The maximum atomic E-state index is 5.50. The first-order valence-electron chi connectivity index (χ1n) is 4.99. The van der Waals surface area contributed by atoms with Gasteiger partial charge in [-0.15, -0.1) is 0 Å². The molecule has 1 aromatic carbocycles. The minimum atomic E-state index is 0.721. The van der Waals surface area contributed by atoms with E-state index in [1.165, 1.54) is 16.6 Å². The molecule has 2 aromatic heterocycles. The molecule has 2 heterocycles. The summed E-state index contributed by atoms with van der Waals surface area (Å²) in [5, 5.41) is 1.17. The standard InChI is InChI=1S/C12H12N2O/c1-7-6-9-10(14(7)3)4-5-11-12(9)13-8(2)15-11/h4-6H,1-3H3. The molecule has 0 aliphatic rings. The molecule has 0 atom stereocenters. The van der Waals surface area contributed by atoms with E-state index >= 15 is 0 Å². The van der Waals surface area contributed by atoms with Gasteiger partial charge in [0.25, 0.3) is 0 Å². The van der Waals surface area contributed by atoms with Gasteiger partial charge in [0.05, 0.1) is 5.52 Å². The number of aromatic nitrogens is 2. The predicted molar refractivity (Wildman–Crippen MR) is 60.0 cm³/mol. The average Bonchev–Trinajstić information content (AvgIpc) is 2.69. The summed E-state index contributed by atoms with van der Waals surface area (Å²) in [6.45, 7) is 3.97. The van der Waals surface area contributed by atoms with Crippen molar-refractivity contribution >= 4 is 22.0 Å². The molecular weight excluding hydrogens is 188 g/mol. The van der Waals surface area contributed by atoms with Gasteiger partial charge in [-0.2, -0.15) is 0 Å². The number of rotatable bonds is 0. The second-order valence-corrected chi connectivity index (χ2v) is 3.92. The van der Waals surface area contributed by atoms with Crippen LogP contribution in [0.15, 0.2) is 22.6 Å². The van der Waals surface area contributed by atoms with Gasteiger partial charge in [0.2, 0.25) is 0 Å². The molecule has 3 rings (SSSR count). The van der Waals surface area contributed by atoms with Crippen LogP contribution < -0.4 is 0 Å². The normalized spacial score (nSPS) is 11.7. The lowest BCUT2D eigenvalue weighted by atomic mass is 10.2. The molecule has 0 amide bonds. The van der Waals surface area contributed by atoms with E-state index < -0.39 is 0 Å². The van der Waals surface area contributed by atoms with Crippen LogP contribution in [-0.2, 0) is 7.05 Å². The second-order valence-electron chi connectivity index (χ2n) is 3.92. The molecule has 0 bridgehead atoms. The highest BCUT2D eigenvalue weighted by Crippen LogP contribution is 2.27. The summed E-state index contributed by atoms with van der Waals surface area (Å²) in [6, 6.07) is 6.21. The van der Waals surface area contributed by atoms with Gasteiger partial charge >= 0.3 is 0 Å². The Morgan fingerprint density at radius 1 is 1.27 bits per heavy atom. The summed E-state index contributed by atoms with van der Waals surface area (Å²) in [6.07, 6.45) is 0. The maximum Gasteiger partial charge on any atom is 0.192 e. The molecule has 76 valence electrons. The molecule has 0 aliphatic carbocycles. The molecule has 0 saturated heterocycles. The van der Waals surface area contributed by atoms with E-state index in [1.54, 1.807) is 0 Å². The third kappa shape index (κ3) is 1.03. The molecule has 15 heavy (non-hydrogen) atoms. The van der Waals surface area contributed by atoms with Crippen molar-refractivity contribution in [1.82, 2.24) is 9.55 Å². The first-order valence-corrected chi connectivity index (χ1v) is 4.99. The molecule has 0 aliphatic heterocycles. The highest BCUT2D eigenvalue weighted by atomic mass is 16.3. The molecule has 3 nitrogen and oxygen atoms in total. The summed E-state index contributed by atoms with van der Waals surface area (Å²) in [4.78, 5) is 4.42. The Morgan fingerprint density at radius 2 is 2.07 bits per heavy atom. The van der Waals surface area contributed by atoms with Crippen molar-refractivity contribution in [3.63, 3.8) is 0 Å². The van der Waals surface area contributed by atoms with Crippen LogP contribution in [0.2, 0.25) is 0 Å². The van der Waals surface area contributed by atoms with E-state index in [-0.39, 0.29) is 0 Å². The summed E-state index contributed by atoms with van der Waals surface area (Å²) < 4.78 is 7.67. The van der Waals surface area contributed by atoms with Gasteiger partial charge in [-0.3, -0.25) is 0 Å². The minimum absolute atomic E-state index is 0.721. The van der Waals surface area contributed by atoms with Crippen LogP contribution in [0.3, 0.4) is 0 Å². The number of oxazole rings is 1. The largest absolute Gasteiger partial charge is 0.441 e. The maximum absolute atomic E-state index is 5.50. The van der Waals surface area contributed by atoms with Gasteiger partial charge in [-0.1, -0.05) is 0 Å². The smallest absolute Gasteiger partial charge is 0.192 e. The molecule has 0 spiro atoms. The average molecular weight is 200 g/mol. The fraction of sp³-hybridized carbons (Fsp3) is 0.250. The first kappa shape index (κ1) is 8.53. The molecule has 0 N–H and O–H groups in total. The summed E-state index contributed by atoms with van der Waals surface area (Å²) in [7, 11) is 2.07. The topological polar surface area (TPSA) is 31.0 Å². The van der Waals surface area contributed by atoms with Crippen LogP contribution >= 0.6 is 0 Å². The zero-order chi connectivity index (χ0) is 10.6. The highest BCUT2D eigenvalue weighted by Gasteiger charge is 2.10. The molecule has 0 saturated carbocycles. The number of hydrogen-bond donors (Lipinski definition) is 0. The van der Waals surface area contributed by atoms with E-state index in [9.17, 15) is 0 Å². The van der Waals surface area contributed by atoms with Gasteiger partial charge < -0.3 is 8.98 Å². The number of nitrogens with zero attached hydrogens (tertiary/aromatic N) is 2. The number of benzene rings is 1. The zero-order valence-electron chi connectivity index (χ0n) is 9.03. The zero-order valence-corrected chi connectivity index (χ0v) is 9.03. The van der Waals surface area contributed by atoms with Crippen LogP contribution in [0.4, 0.5) is 0 Å². The van der Waals surface area contributed by atoms with Crippen molar-refractivity contribution in [3.8, 4) is 0 Å². The van der Waals surface area contributed by atoms with Gasteiger partial charge in [-0.25, -0.2) is 4.98 Å². The van der Waals surface area contributed by atoms with Crippen molar-refractivity contribution in [2.75, 3.05) is 0 Å². The Kier molecular flexibility index (Phi) is 1.49. The van der Waals surface area contributed by atoms with E-state index in [1.807, 2.05) is 13.0 Å². The summed E-state index contributed by atoms with van der Waals surface area (Å²) in [5.41, 5.74) is 4.27. The Morgan fingerprint density at radius 3 is 2.87 bits per heavy atom. The Hall–Kier alpha value is -1.77. The van der Waals surface area contributed by atoms with Crippen molar-refractivity contribution in [2.45, 2.75) is 13.8 Å². The molecule has 3 aromatic rings. The van der Waals surface area contributed by atoms with Crippen molar-refractivity contribution in [2.24, 2.45) is 7.05 Å². The minimum Gasteiger partial charge on any atom is -0.441 e. The highest BCUT2D eigenvalue weighted by molar-refractivity contribution is 6.02. The molecule has 0 fully saturated rings. The fourth-order valence-corrected chi connectivity index (χ4v) is 2.04. The van der Waals surface area contributed by atoms with Crippen molar-refractivity contribution < 1.29 is 4.42 Å². The predicted octanol–water partition coefficient (Wildman–Crippen LogP) is 2.94. The molecule has 0 unspecified atom stereocenters. The molecule has 0 radical (unpaired) electrons. The lowest BCUT2D eigenvalue weighted by Gasteiger charge is -1.97. The second kappa shape index (κ2) is 2.63. The quantitative estimate of drug-likeness (QED) is 0.558. The SMILES string of the molecule is Cc1nc2c(ccc3c2cc(C)n3C)o1. The van der Waals surface area contributed by atoms with Crippen molar-refractivity contribution in [1.29, 1.82) is 0 Å². The van der Waals surface area contributed by atoms with Gasteiger partial charge in [0, 0.05) is 25.1 Å². The van der Waals surface area contributed by atoms with Crippen LogP contribution in [-0.4, -0.2) is 9.55 Å². The lowest BCUT2D eigenvalue weighted by molar-refractivity contribution is 0.561. The lowest BCUT2D eigenvalue weighted by Crippen LogP contribution is -1.88. The monoisotopic (exact) mass is 200 g/mol. The third-order valence-electron chi connectivity index (χ3n) is 2.93. The summed E-state index contributed by atoms with van der Waals surface area (Å²) >= 11 is 0. The van der Waals surface area contributed by atoms with Gasteiger partial charge in [-0.05, 0) is 25.1 Å². The summed E-state index contributed by atoms with van der Waals surface area (Å²) in [5.74, 6) is 0.721. The fourth-order valence-electron chi connectivity index (χ4n) is 2.04. The van der Waals surface area contributed by atoms with Crippen LogP contribution in [0.1, 0.15) is 11.6 Å². The van der Waals surface area contributed by atoms with Gasteiger partial charge in [0.1, 0.15) is 5.52 Å². The van der Waals surface area contributed by atoms with Crippen LogP contribution in [0.25, 0.3) is 22.0 Å². The van der Waals surface area contributed by atoms with Crippen LogP contribution in [0, 0.1) is 13.8 Å². The van der Waals surface area contributed by atoms with Gasteiger partial charge in [0.15, 0.2) is 11.5 Å². The molecule has 3 heteroatoms. The molecular formula is C12H12N2O. The number of hydrogen-bond acceptors (Lipinski definition) is 2. The number of fused-ring (bicyclic) bond motifs is 3. The van der Waals surface area contributed by atoms with E-state index in [2.05, 4.69) is 35.7 Å². The van der Waals surface area contributed by atoms with Crippen LogP contribution in [0.5, 0.6) is 0 Å². The third-order valence-corrected chi connectivity index (χ3v) is 2.93.